The predicted octanol–water partition coefficient (Wildman–Crippen LogP) is 0.00900. The highest BCUT2D eigenvalue weighted by atomic mass is 16.4. The van der Waals surface area contributed by atoms with Crippen LogP contribution in [0.25, 0.3) is 0 Å². The molecule has 0 aromatic rings. The van der Waals surface area contributed by atoms with Crippen molar-refractivity contribution in [1.29, 1.82) is 0 Å². The largest absolute Gasteiger partial charge is 0.481 e. The van der Waals surface area contributed by atoms with Crippen molar-refractivity contribution in [2.45, 2.75) is 6.42 Å². The molecule has 3 N–H and O–H groups in total. The molecule has 0 saturated carbocycles. The van der Waals surface area contributed by atoms with E-state index in [1.165, 1.54) is 0 Å². The van der Waals surface area contributed by atoms with Gasteiger partial charge in [-0.1, -0.05) is 6.08 Å². The van der Waals surface area contributed by atoms with Crippen molar-refractivity contribution in [2.75, 3.05) is 6.67 Å². The Kier molecular flexibility index (Phi) is 1.53. The molecular weight excluding hydrogens is 156 g/mol. The van der Waals surface area contributed by atoms with Gasteiger partial charge in [-0.05, 0) is 6.08 Å². The maximum Gasteiger partial charge on any atom is 0.310 e. The second-order valence-electron chi connectivity index (χ2n) is 2.93. The fraction of sp³-hybridized carbons (Fsp3) is 0.375. The van der Waals surface area contributed by atoms with Crippen LogP contribution in [-0.2, 0) is 4.79 Å². The minimum absolute atomic E-state index is 0.365. The summed E-state index contributed by atoms with van der Waals surface area (Å²) in [6.07, 6.45) is 4.13. The van der Waals surface area contributed by atoms with Crippen LogP contribution < -0.4 is 10.6 Å². The molecule has 2 rings (SSSR count). The number of nitrogens with one attached hydrogen (secondary N) is 2. The van der Waals surface area contributed by atoms with Crippen LogP contribution in [0.4, 0.5) is 0 Å². The monoisotopic (exact) mass is 166 g/mol. The molecule has 1 atom stereocenters. The van der Waals surface area contributed by atoms with E-state index < -0.39 is 5.97 Å². The van der Waals surface area contributed by atoms with Gasteiger partial charge in [0.2, 0.25) is 0 Å². The Morgan fingerprint density at radius 1 is 1.58 bits per heavy atom. The van der Waals surface area contributed by atoms with Gasteiger partial charge in [-0.15, -0.1) is 0 Å². The summed E-state index contributed by atoms with van der Waals surface area (Å²) in [6.45, 7) is 0.710. The standard InChI is InChI=1S/C8H10N2O2/c11-8(12)5-1-2-6-7(3-5)10-4-9-6/h1-2,5,9-10H,3-4H2,(H,11,12). The number of aliphatic carboxylic acids is 1. The van der Waals surface area contributed by atoms with Crippen molar-refractivity contribution in [3.8, 4) is 0 Å². The first-order chi connectivity index (χ1) is 5.77. The number of carbonyl (C=O) groups is 1. The molecule has 1 aliphatic heterocycles. The molecule has 1 unspecified atom stereocenters. The number of hydrogen-bond acceptors (Lipinski definition) is 3. The number of hydrogen-bond donors (Lipinski definition) is 3. The maximum atomic E-state index is 10.6. The third kappa shape index (κ3) is 1.05. The zero-order chi connectivity index (χ0) is 8.55. The molecule has 1 aliphatic carbocycles. The zero-order valence-corrected chi connectivity index (χ0v) is 6.50. The third-order valence-electron chi connectivity index (χ3n) is 2.14. The lowest BCUT2D eigenvalue weighted by Gasteiger charge is -2.13. The van der Waals surface area contributed by atoms with Gasteiger partial charge in [-0.2, -0.15) is 0 Å². The summed E-state index contributed by atoms with van der Waals surface area (Å²) in [5, 5.41) is 14.9. The molecule has 12 heavy (non-hydrogen) atoms. The van der Waals surface area contributed by atoms with E-state index in [-0.39, 0.29) is 5.92 Å². The molecule has 0 fully saturated rings. The second kappa shape index (κ2) is 2.55. The highest BCUT2D eigenvalue weighted by Gasteiger charge is 2.23. The summed E-state index contributed by atoms with van der Waals surface area (Å²) in [7, 11) is 0. The SMILES string of the molecule is O=C(O)C1C=CC2=C(C1)NCN2. The highest BCUT2D eigenvalue weighted by molar-refractivity contribution is 5.73. The molecule has 0 bridgehead atoms. The van der Waals surface area contributed by atoms with Gasteiger partial charge in [-0.3, -0.25) is 4.79 Å². The maximum absolute atomic E-state index is 10.6. The molecule has 64 valence electrons. The quantitative estimate of drug-likeness (QED) is 0.513. The Balaban J connectivity index is 2.15. The van der Waals surface area contributed by atoms with Crippen LogP contribution in [-0.4, -0.2) is 17.7 Å². The number of carboxylic acids is 1. The normalized spacial score (nSPS) is 26.2. The minimum atomic E-state index is -0.758. The fourth-order valence-corrected chi connectivity index (χ4v) is 1.46. The van der Waals surface area contributed by atoms with E-state index in [4.69, 9.17) is 5.11 Å². The van der Waals surface area contributed by atoms with Gasteiger partial charge in [0.15, 0.2) is 0 Å². The molecule has 0 saturated heterocycles. The fourth-order valence-electron chi connectivity index (χ4n) is 1.46. The zero-order valence-electron chi connectivity index (χ0n) is 6.50. The molecule has 4 nitrogen and oxygen atoms in total. The lowest BCUT2D eigenvalue weighted by molar-refractivity contribution is -0.140. The average molecular weight is 166 g/mol. The van der Waals surface area contributed by atoms with Gasteiger partial charge >= 0.3 is 5.97 Å². The van der Waals surface area contributed by atoms with Crippen LogP contribution >= 0.6 is 0 Å². The third-order valence-corrected chi connectivity index (χ3v) is 2.14. The summed E-state index contributed by atoms with van der Waals surface area (Å²) in [4.78, 5) is 10.6. The van der Waals surface area contributed by atoms with Gasteiger partial charge in [0.1, 0.15) is 0 Å². The molecule has 0 radical (unpaired) electrons. The van der Waals surface area contributed by atoms with E-state index in [0.29, 0.717) is 13.1 Å². The molecule has 0 aromatic heterocycles. The number of rotatable bonds is 1. The van der Waals surface area contributed by atoms with E-state index in [9.17, 15) is 4.79 Å². The summed E-state index contributed by atoms with van der Waals surface area (Å²) in [6, 6.07) is 0. The van der Waals surface area contributed by atoms with Crippen molar-refractivity contribution in [3.63, 3.8) is 0 Å². The van der Waals surface area contributed by atoms with Gasteiger partial charge < -0.3 is 15.7 Å². The summed E-state index contributed by atoms with van der Waals surface area (Å²) in [5.41, 5.74) is 2.05. The predicted molar refractivity (Wildman–Crippen MR) is 43.0 cm³/mol. The van der Waals surface area contributed by atoms with Crippen LogP contribution in [0.2, 0.25) is 0 Å². The van der Waals surface area contributed by atoms with Crippen LogP contribution in [0.5, 0.6) is 0 Å². The smallest absolute Gasteiger partial charge is 0.310 e. The van der Waals surface area contributed by atoms with E-state index in [0.717, 1.165) is 11.4 Å². The Hall–Kier alpha value is -1.45. The highest BCUT2D eigenvalue weighted by Crippen LogP contribution is 2.22. The lowest BCUT2D eigenvalue weighted by atomic mass is 9.97. The molecule has 0 spiro atoms. The van der Waals surface area contributed by atoms with E-state index >= 15 is 0 Å². The van der Waals surface area contributed by atoms with Crippen molar-refractivity contribution in [3.05, 3.63) is 23.5 Å². The Bertz CT molecular complexity index is 281. The number of carboxylic acid groups (broad SMARTS) is 1. The summed E-state index contributed by atoms with van der Waals surface area (Å²) < 4.78 is 0. The minimum Gasteiger partial charge on any atom is -0.481 e. The Labute approximate surface area is 70.0 Å². The average Bonchev–Trinajstić information content (AvgIpc) is 2.49. The van der Waals surface area contributed by atoms with E-state index in [1.807, 2.05) is 6.08 Å². The topological polar surface area (TPSA) is 61.4 Å². The molecule has 4 heteroatoms. The Morgan fingerprint density at radius 3 is 3.17 bits per heavy atom. The van der Waals surface area contributed by atoms with Crippen molar-refractivity contribution >= 4 is 5.97 Å². The second-order valence-corrected chi connectivity index (χ2v) is 2.93. The van der Waals surface area contributed by atoms with Crippen molar-refractivity contribution < 1.29 is 9.90 Å². The first kappa shape index (κ1) is 7.21. The van der Waals surface area contributed by atoms with Crippen molar-refractivity contribution in [2.24, 2.45) is 5.92 Å². The summed E-state index contributed by atoms with van der Waals surface area (Å²) in [5.74, 6) is -1.12. The van der Waals surface area contributed by atoms with E-state index in [2.05, 4.69) is 10.6 Å². The first-order valence-corrected chi connectivity index (χ1v) is 3.89. The molecule has 0 aromatic carbocycles. The van der Waals surface area contributed by atoms with Gasteiger partial charge in [0, 0.05) is 12.1 Å². The summed E-state index contributed by atoms with van der Waals surface area (Å²) >= 11 is 0. The van der Waals surface area contributed by atoms with E-state index in [1.54, 1.807) is 6.08 Å². The molecule has 0 amide bonds. The van der Waals surface area contributed by atoms with Gasteiger partial charge in [-0.25, -0.2) is 0 Å². The van der Waals surface area contributed by atoms with Crippen LogP contribution in [0.1, 0.15) is 6.42 Å². The molecular formula is C8H10N2O2. The van der Waals surface area contributed by atoms with Gasteiger partial charge in [0.25, 0.3) is 0 Å². The van der Waals surface area contributed by atoms with Crippen LogP contribution in [0.15, 0.2) is 23.5 Å². The van der Waals surface area contributed by atoms with Crippen LogP contribution in [0.3, 0.4) is 0 Å². The van der Waals surface area contributed by atoms with Gasteiger partial charge in [0.05, 0.1) is 18.3 Å². The lowest BCUT2D eigenvalue weighted by Crippen LogP contribution is -2.18. The molecule has 2 aliphatic rings. The number of allylic oxidation sites excluding steroid dienone is 2. The first-order valence-electron chi connectivity index (χ1n) is 3.89. The van der Waals surface area contributed by atoms with Crippen LogP contribution in [0, 0.1) is 5.92 Å². The van der Waals surface area contributed by atoms with Crippen molar-refractivity contribution in [1.82, 2.24) is 10.6 Å². The molecule has 1 heterocycles. The Morgan fingerprint density at radius 2 is 2.42 bits per heavy atom.